The van der Waals surface area contributed by atoms with E-state index in [0.29, 0.717) is 24.2 Å². The van der Waals surface area contributed by atoms with Gasteiger partial charge in [0.25, 0.3) is 10.0 Å². The summed E-state index contributed by atoms with van der Waals surface area (Å²) in [6.45, 7) is 1.85. The van der Waals surface area contributed by atoms with Crippen LogP contribution in [0.1, 0.15) is 31.2 Å². The number of nitrogens with one attached hydrogen (secondary N) is 2. The normalized spacial score (nSPS) is 19.9. The number of carbonyl (C=O) groups excluding carboxylic acids is 1. The van der Waals surface area contributed by atoms with Crippen LogP contribution in [0.3, 0.4) is 0 Å². The van der Waals surface area contributed by atoms with Crippen molar-refractivity contribution in [3.8, 4) is 0 Å². The number of aryl methyl sites for hydroxylation is 1. The molecule has 3 rings (SSSR count). The van der Waals surface area contributed by atoms with Crippen LogP contribution in [0.2, 0.25) is 0 Å². The van der Waals surface area contributed by atoms with Gasteiger partial charge in [0.05, 0.1) is 10.8 Å². The Balaban J connectivity index is 1.61. The van der Waals surface area contributed by atoms with Gasteiger partial charge < -0.3 is 5.32 Å². The number of hydrogen-bond acceptors (Lipinski definition) is 3. The van der Waals surface area contributed by atoms with Crippen LogP contribution in [-0.2, 0) is 14.8 Å². The average Bonchev–Trinajstić information content (AvgIpc) is 2.69. The van der Waals surface area contributed by atoms with E-state index in [4.69, 9.17) is 0 Å². The first-order valence-electron chi connectivity index (χ1n) is 9.62. The first-order valence-corrected chi connectivity index (χ1v) is 11.1. The molecule has 2 aromatic carbocycles. The van der Waals surface area contributed by atoms with Crippen LogP contribution < -0.4 is 10.0 Å². The number of sulfonamides is 1. The maximum Gasteiger partial charge on any atom is 0.391 e. The molecule has 2 atom stereocenters. The highest BCUT2D eigenvalue weighted by Gasteiger charge is 2.43. The van der Waals surface area contributed by atoms with Gasteiger partial charge in [0, 0.05) is 17.3 Å². The van der Waals surface area contributed by atoms with Crippen LogP contribution in [0.5, 0.6) is 0 Å². The topological polar surface area (TPSA) is 75.3 Å². The molecule has 2 unspecified atom stereocenters. The number of rotatable bonds is 5. The number of halogens is 3. The van der Waals surface area contributed by atoms with Crippen molar-refractivity contribution in [2.45, 2.75) is 43.7 Å². The Hall–Kier alpha value is -2.55. The molecule has 30 heavy (non-hydrogen) atoms. The predicted molar refractivity (Wildman–Crippen MR) is 109 cm³/mol. The highest BCUT2D eigenvalue weighted by atomic mass is 32.2. The van der Waals surface area contributed by atoms with E-state index in [9.17, 15) is 26.4 Å². The first kappa shape index (κ1) is 22.1. The lowest BCUT2D eigenvalue weighted by molar-refractivity contribution is -0.185. The Morgan fingerprint density at radius 3 is 2.17 bits per heavy atom. The van der Waals surface area contributed by atoms with Gasteiger partial charge in [-0.25, -0.2) is 8.42 Å². The van der Waals surface area contributed by atoms with Crippen LogP contribution in [0.25, 0.3) is 0 Å². The molecule has 0 heterocycles. The summed E-state index contributed by atoms with van der Waals surface area (Å²) < 4.78 is 66.1. The van der Waals surface area contributed by atoms with E-state index in [0.717, 1.165) is 5.56 Å². The lowest BCUT2D eigenvalue weighted by Gasteiger charge is -2.29. The fourth-order valence-electron chi connectivity index (χ4n) is 3.52. The maximum absolute atomic E-state index is 12.9. The number of benzene rings is 2. The van der Waals surface area contributed by atoms with Crippen molar-refractivity contribution in [3.63, 3.8) is 0 Å². The summed E-state index contributed by atoms with van der Waals surface area (Å²) in [5.74, 6) is -2.58. The van der Waals surface area contributed by atoms with E-state index in [1.165, 1.54) is 36.4 Å². The fraction of sp³-hybridized carbons (Fsp3) is 0.381. The van der Waals surface area contributed by atoms with Crippen molar-refractivity contribution >= 4 is 27.3 Å². The number of carbonyl (C=O) groups is 1. The van der Waals surface area contributed by atoms with Crippen molar-refractivity contribution in [1.29, 1.82) is 0 Å². The highest BCUT2D eigenvalue weighted by Crippen LogP contribution is 2.40. The number of amides is 1. The van der Waals surface area contributed by atoms with E-state index in [-0.39, 0.29) is 17.7 Å². The summed E-state index contributed by atoms with van der Waals surface area (Å²) >= 11 is 0. The summed E-state index contributed by atoms with van der Waals surface area (Å²) in [7, 11) is -3.75. The third-order valence-corrected chi connectivity index (χ3v) is 6.64. The molecule has 1 aliphatic carbocycles. The highest BCUT2D eigenvalue weighted by molar-refractivity contribution is 7.92. The predicted octanol–water partition coefficient (Wildman–Crippen LogP) is 5.10. The van der Waals surface area contributed by atoms with Gasteiger partial charge in [0.1, 0.15) is 0 Å². The van der Waals surface area contributed by atoms with Gasteiger partial charge in [-0.15, -0.1) is 0 Å². The summed E-state index contributed by atoms with van der Waals surface area (Å²) in [4.78, 5) is 12.5. The molecule has 5 nitrogen and oxygen atoms in total. The lowest BCUT2D eigenvalue weighted by atomic mass is 9.80. The minimum absolute atomic E-state index is 0.0586. The summed E-state index contributed by atoms with van der Waals surface area (Å²) in [6.07, 6.45) is -3.64. The molecule has 1 amide bonds. The van der Waals surface area contributed by atoms with Crippen LogP contribution in [0.4, 0.5) is 24.5 Å². The van der Waals surface area contributed by atoms with Crippen LogP contribution >= 0.6 is 0 Å². The Morgan fingerprint density at radius 2 is 1.57 bits per heavy atom. The van der Waals surface area contributed by atoms with Crippen molar-refractivity contribution in [2.24, 2.45) is 11.8 Å². The molecule has 0 aliphatic heterocycles. The molecule has 1 saturated carbocycles. The Kier molecular flexibility index (Phi) is 6.40. The maximum atomic E-state index is 12.9. The third-order valence-electron chi connectivity index (χ3n) is 5.24. The molecule has 1 fully saturated rings. The number of anilines is 2. The molecule has 0 radical (unpaired) electrons. The monoisotopic (exact) mass is 440 g/mol. The number of alkyl halides is 3. The van der Waals surface area contributed by atoms with Gasteiger partial charge in [0.15, 0.2) is 0 Å². The van der Waals surface area contributed by atoms with Gasteiger partial charge in [-0.1, -0.05) is 24.1 Å². The molecule has 162 valence electrons. The van der Waals surface area contributed by atoms with E-state index < -0.39 is 33.9 Å². The van der Waals surface area contributed by atoms with Gasteiger partial charge in [-0.2, -0.15) is 13.2 Å². The van der Waals surface area contributed by atoms with Crippen molar-refractivity contribution < 1.29 is 26.4 Å². The van der Waals surface area contributed by atoms with Gasteiger partial charge in [0.2, 0.25) is 5.91 Å². The second kappa shape index (κ2) is 8.67. The summed E-state index contributed by atoms with van der Waals surface area (Å²) in [5.41, 5.74) is 1.64. The second-order valence-electron chi connectivity index (χ2n) is 7.59. The third kappa shape index (κ3) is 5.53. The van der Waals surface area contributed by atoms with E-state index in [2.05, 4.69) is 10.0 Å². The summed E-state index contributed by atoms with van der Waals surface area (Å²) in [5, 5.41) is 2.63. The van der Waals surface area contributed by atoms with Crippen molar-refractivity contribution in [3.05, 3.63) is 54.1 Å². The first-order chi connectivity index (χ1) is 14.0. The second-order valence-corrected chi connectivity index (χ2v) is 9.27. The molecular weight excluding hydrogens is 417 g/mol. The fourth-order valence-corrected chi connectivity index (χ4v) is 4.58. The largest absolute Gasteiger partial charge is 0.391 e. The van der Waals surface area contributed by atoms with Crippen molar-refractivity contribution in [1.82, 2.24) is 0 Å². The molecule has 0 aromatic heterocycles. The quantitative estimate of drug-likeness (QED) is 0.679. The van der Waals surface area contributed by atoms with Gasteiger partial charge in [-0.05, 0) is 62.6 Å². The minimum atomic E-state index is -4.28. The zero-order valence-corrected chi connectivity index (χ0v) is 17.2. The SMILES string of the molecule is Cc1ccc(S(=O)(=O)Nc2ccc(NC(=O)C3CCCC(C(F)(F)F)C3)cc2)cc1. The van der Waals surface area contributed by atoms with E-state index >= 15 is 0 Å². The molecule has 0 bridgehead atoms. The van der Waals surface area contributed by atoms with Gasteiger partial charge in [-0.3, -0.25) is 9.52 Å². The molecule has 0 saturated heterocycles. The zero-order valence-electron chi connectivity index (χ0n) is 16.4. The molecular formula is C21H23F3N2O3S. The minimum Gasteiger partial charge on any atom is -0.326 e. The molecule has 1 aliphatic rings. The number of hydrogen-bond donors (Lipinski definition) is 2. The lowest BCUT2D eigenvalue weighted by Crippen LogP contribution is -2.34. The summed E-state index contributed by atoms with van der Waals surface area (Å²) in [6, 6.07) is 12.4. The van der Waals surface area contributed by atoms with E-state index in [1.54, 1.807) is 12.1 Å². The molecule has 9 heteroatoms. The molecule has 2 N–H and O–H groups in total. The Bertz CT molecular complexity index is 988. The van der Waals surface area contributed by atoms with Crippen LogP contribution in [0.15, 0.2) is 53.4 Å². The van der Waals surface area contributed by atoms with Crippen LogP contribution in [0, 0.1) is 18.8 Å². The smallest absolute Gasteiger partial charge is 0.326 e. The average molecular weight is 440 g/mol. The van der Waals surface area contributed by atoms with E-state index in [1.807, 2.05) is 6.92 Å². The van der Waals surface area contributed by atoms with Crippen molar-refractivity contribution in [2.75, 3.05) is 10.0 Å². The van der Waals surface area contributed by atoms with Gasteiger partial charge >= 0.3 is 6.18 Å². The molecule has 0 spiro atoms. The Morgan fingerprint density at radius 1 is 0.967 bits per heavy atom. The Labute approximate surface area is 173 Å². The standard InChI is InChI=1S/C21H23F3N2O3S/c1-14-5-11-19(12-6-14)30(28,29)26-18-9-7-17(8-10-18)25-20(27)15-3-2-4-16(13-15)21(22,23)24/h5-12,15-16,26H,2-4,13H2,1H3,(H,25,27). The van der Waals surface area contributed by atoms with Crippen LogP contribution in [-0.4, -0.2) is 20.5 Å². The zero-order chi connectivity index (χ0) is 21.9. The molecule has 2 aromatic rings.